The molecule has 2 heterocycles. The van der Waals surface area contributed by atoms with E-state index in [-0.39, 0.29) is 36.3 Å². The van der Waals surface area contributed by atoms with E-state index in [9.17, 15) is 14.4 Å². The number of aromatic nitrogens is 2. The fraction of sp³-hybridized carbons (Fsp3) is 0.308. The molecule has 1 aromatic heterocycles. The zero-order valence-electron chi connectivity index (χ0n) is 19.8. The van der Waals surface area contributed by atoms with Gasteiger partial charge in [0.15, 0.2) is 5.69 Å². The highest BCUT2D eigenvalue weighted by molar-refractivity contribution is 6.30. The van der Waals surface area contributed by atoms with Gasteiger partial charge in [0.1, 0.15) is 11.2 Å². The van der Waals surface area contributed by atoms with Crippen LogP contribution in [0, 0.1) is 0 Å². The van der Waals surface area contributed by atoms with E-state index in [0.29, 0.717) is 24.5 Å². The van der Waals surface area contributed by atoms with Crippen LogP contribution in [0.3, 0.4) is 0 Å². The number of imidazole rings is 1. The van der Waals surface area contributed by atoms with E-state index in [2.05, 4.69) is 15.6 Å². The summed E-state index contributed by atoms with van der Waals surface area (Å²) in [7, 11) is 0. The number of nitrogens with one attached hydrogen (secondary N) is 2. The van der Waals surface area contributed by atoms with Crippen molar-refractivity contribution in [2.24, 2.45) is 0 Å². The van der Waals surface area contributed by atoms with Crippen LogP contribution in [0.25, 0.3) is 0 Å². The van der Waals surface area contributed by atoms with E-state index >= 15 is 0 Å². The summed E-state index contributed by atoms with van der Waals surface area (Å²) < 4.78 is 1.60. The zero-order valence-corrected chi connectivity index (χ0v) is 20.5. The Bertz CT molecular complexity index is 1240. The Morgan fingerprint density at radius 1 is 1.06 bits per heavy atom. The average Bonchev–Trinajstić information content (AvgIpc) is 3.28. The molecule has 0 spiro atoms. The number of hydrogen-bond acceptors (Lipinski definition) is 4. The normalized spacial score (nSPS) is 17.1. The average molecular weight is 494 g/mol. The number of amides is 3. The summed E-state index contributed by atoms with van der Waals surface area (Å²) in [6.07, 6.45) is 2.12. The van der Waals surface area contributed by atoms with Crippen molar-refractivity contribution < 1.29 is 14.4 Å². The van der Waals surface area contributed by atoms with Crippen molar-refractivity contribution >= 4 is 29.3 Å². The second-order valence-corrected chi connectivity index (χ2v) is 9.22. The molecule has 0 saturated heterocycles. The molecular formula is C26H28ClN5O3. The fourth-order valence-electron chi connectivity index (χ4n) is 4.31. The highest BCUT2D eigenvalue weighted by Crippen LogP contribution is 2.29. The molecule has 2 N–H and O–H groups in total. The quantitative estimate of drug-likeness (QED) is 0.502. The lowest BCUT2D eigenvalue weighted by molar-refractivity contribution is -0.133. The monoisotopic (exact) mass is 493 g/mol. The molecule has 1 aliphatic heterocycles. The van der Waals surface area contributed by atoms with Gasteiger partial charge in [0.2, 0.25) is 5.91 Å². The number of fused-ring (bicyclic) bond motifs is 1. The number of nitrogens with zero attached hydrogens (tertiary/aromatic N) is 3. The summed E-state index contributed by atoms with van der Waals surface area (Å²) in [6, 6.07) is 16.8. The van der Waals surface area contributed by atoms with Crippen LogP contribution in [0.2, 0.25) is 5.02 Å². The minimum atomic E-state index is -1.12. The van der Waals surface area contributed by atoms with Crippen molar-refractivity contribution in [2.45, 2.75) is 45.4 Å². The zero-order chi connectivity index (χ0) is 25.0. The molecule has 2 aromatic carbocycles. The van der Waals surface area contributed by atoms with Crippen molar-refractivity contribution in [1.29, 1.82) is 0 Å². The summed E-state index contributed by atoms with van der Waals surface area (Å²) in [5.41, 5.74) is 0.917. The van der Waals surface area contributed by atoms with Crippen LogP contribution in [0.1, 0.15) is 52.4 Å². The second kappa shape index (κ2) is 10.3. The number of carbonyl (C=O) groups excluding carboxylic acids is 3. The second-order valence-electron chi connectivity index (χ2n) is 8.78. The first-order valence-corrected chi connectivity index (χ1v) is 11.9. The van der Waals surface area contributed by atoms with Crippen LogP contribution in [-0.4, -0.2) is 44.3 Å². The fourth-order valence-corrected chi connectivity index (χ4v) is 4.52. The van der Waals surface area contributed by atoms with Gasteiger partial charge in [-0.1, -0.05) is 61.0 Å². The third-order valence-corrected chi connectivity index (χ3v) is 6.38. The Morgan fingerprint density at radius 2 is 1.77 bits per heavy atom. The molecule has 1 aliphatic rings. The van der Waals surface area contributed by atoms with Crippen LogP contribution in [-0.2, 0) is 24.4 Å². The Morgan fingerprint density at radius 3 is 2.49 bits per heavy atom. The third kappa shape index (κ3) is 5.07. The molecule has 3 aromatic rings. The minimum absolute atomic E-state index is 0.0462. The van der Waals surface area contributed by atoms with Crippen LogP contribution in [0.15, 0.2) is 60.9 Å². The molecule has 0 fully saturated rings. The Labute approximate surface area is 209 Å². The lowest BCUT2D eigenvalue weighted by atomic mass is 9.94. The lowest BCUT2D eigenvalue weighted by Gasteiger charge is -2.43. The molecule has 0 radical (unpaired) electrons. The van der Waals surface area contributed by atoms with E-state index in [4.69, 9.17) is 11.6 Å². The molecular weight excluding hydrogens is 466 g/mol. The van der Waals surface area contributed by atoms with Crippen molar-refractivity contribution in [3.63, 3.8) is 0 Å². The van der Waals surface area contributed by atoms with E-state index in [1.807, 2.05) is 43.3 Å². The van der Waals surface area contributed by atoms with E-state index in [1.165, 1.54) is 6.33 Å². The minimum Gasteiger partial charge on any atom is -0.350 e. The smallest absolute Gasteiger partial charge is 0.273 e. The van der Waals surface area contributed by atoms with Gasteiger partial charge in [-0.15, -0.1) is 0 Å². The summed E-state index contributed by atoms with van der Waals surface area (Å²) in [5, 5.41) is 6.34. The van der Waals surface area contributed by atoms with E-state index in [0.717, 1.165) is 11.1 Å². The van der Waals surface area contributed by atoms with Crippen LogP contribution in [0.4, 0.5) is 0 Å². The van der Waals surface area contributed by atoms with Gasteiger partial charge in [0.25, 0.3) is 11.8 Å². The molecule has 0 unspecified atom stereocenters. The van der Waals surface area contributed by atoms with Crippen molar-refractivity contribution in [1.82, 2.24) is 25.1 Å². The van der Waals surface area contributed by atoms with Crippen LogP contribution in [0.5, 0.6) is 0 Å². The summed E-state index contributed by atoms with van der Waals surface area (Å²) in [5.74, 6) is -1.10. The van der Waals surface area contributed by atoms with Gasteiger partial charge >= 0.3 is 0 Å². The molecule has 8 nitrogen and oxygen atoms in total. The van der Waals surface area contributed by atoms with E-state index < -0.39 is 11.4 Å². The lowest BCUT2D eigenvalue weighted by Crippen LogP contribution is -2.64. The van der Waals surface area contributed by atoms with Crippen molar-refractivity contribution in [3.05, 3.63) is 88.5 Å². The van der Waals surface area contributed by atoms with Crippen LogP contribution < -0.4 is 10.6 Å². The molecule has 0 bridgehead atoms. The molecule has 0 aliphatic carbocycles. The Hall–Kier alpha value is -3.65. The van der Waals surface area contributed by atoms with Crippen LogP contribution >= 0.6 is 11.6 Å². The predicted molar refractivity (Wildman–Crippen MR) is 133 cm³/mol. The van der Waals surface area contributed by atoms with Gasteiger partial charge in [-0.05, 0) is 36.6 Å². The highest BCUT2D eigenvalue weighted by Gasteiger charge is 2.48. The molecule has 3 amide bonds. The molecule has 9 heteroatoms. The predicted octanol–water partition coefficient (Wildman–Crippen LogP) is 3.41. The topological polar surface area (TPSA) is 96.3 Å². The summed E-state index contributed by atoms with van der Waals surface area (Å²) >= 11 is 6.02. The number of hydrogen-bond donors (Lipinski definition) is 2. The molecule has 0 saturated carbocycles. The standard InChI is InChI=1S/C26H28ClN5O3/c1-3-12-32-24(34)22-21(23(33)28-15-19-10-7-11-20(27)13-19)30-17-31(22)16-26(32,2)25(35)29-14-18-8-5-4-6-9-18/h4-11,13,17H,3,12,14-16H2,1-2H3,(H,28,33)(H,29,35)/t26-/m0/s1. The first kappa shape index (κ1) is 24.5. The van der Waals surface area contributed by atoms with Gasteiger partial charge in [-0.3, -0.25) is 14.4 Å². The largest absolute Gasteiger partial charge is 0.350 e. The Kier molecular flexibility index (Phi) is 7.21. The number of carbonyl (C=O) groups is 3. The number of benzene rings is 2. The Balaban J connectivity index is 1.54. The van der Waals surface area contributed by atoms with Gasteiger partial charge in [0, 0.05) is 24.7 Å². The van der Waals surface area contributed by atoms with Crippen molar-refractivity contribution in [2.75, 3.05) is 6.54 Å². The first-order chi connectivity index (χ1) is 16.8. The van der Waals surface area contributed by atoms with Gasteiger partial charge < -0.3 is 20.1 Å². The maximum atomic E-state index is 13.6. The van der Waals surface area contributed by atoms with Gasteiger partial charge in [-0.25, -0.2) is 4.98 Å². The molecule has 1 atom stereocenters. The molecule has 4 rings (SSSR count). The highest BCUT2D eigenvalue weighted by atomic mass is 35.5. The third-order valence-electron chi connectivity index (χ3n) is 6.15. The van der Waals surface area contributed by atoms with E-state index in [1.54, 1.807) is 34.6 Å². The maximum Gasteiger partial charge on any atom is 0.273 e. The first-order valence-electron chi connectivity index (χ1n) is 11.6. The maximum absolute atomic E-state index is 13.6. The SMILES string of the molecule is CCCN1C(=O)c2c(C(=O)NCc3cccc(Cl)c3)ncn2C[C@@]1(C)C(=O)NCc1ccccc1. The molecule has 35 heavy (non-hydrogen) atoms. The van der Waals surface area contributed by atoms with Gasteiger partial charge in [-0.2, -0.15) is 0 Å². The number of rotatable bonds is 8. The summed E-state index contributed by atoms with van der Waals surface area (Å²) in [4.78, 5) is 45.6. The number of halogens is 1. The van der Waals surface area contributed by atoms with Crippen molar-refractivity contribution in [3.8, 4) is 0 Å². The summed E-state index contributed by atoms with van der Waals surface area (Å²) in [6.45, 7) is 4.88. The van der Waals surface area contributed by atoms with Gasteiger partial charge in [0.05, 0.1) is 12.9 Å². The molecule has 182 valence electrons.